The Bertz CT molecular complexity index is 814. The monoisotopic (exact) mass is 389 g/mol. The first-order valence-corrected chi connectivity index (χ1v) is 10.4. The standard InChI is InChI=1S/C22H39N5O/c1-10-11-12-23-19(28)15-13-24-27-17(15)25-16(21(5,6)7)18(27)26-22(8,9)14-20(2,3)4/h13,24,26H,10-12,14H2,1-9H3,(H,23,28). The van der Waals surface area contributed by atoms with Crippen LogP contribution in [0.25, 0.3) is 5.65 Å². The van der Waals surface area contributed by atoms with Gasteiger partial charge in [0.1, 0.15) is 5.56 Å². The summed E-state index contributed by atoms with van der Waals surface area (Å²) in [7, 11) is 0. The lowest BCUT2D eigenvalue weighted by Gasteiger charge is -2.34. The van der Waals surface area contributed by atoms with E-state index in [-0.39, 0.29) is 22.3 Å². The minimum atomic E-state index is -0.150. The van der Waals surface area contributed by atoms with Gasteiger partial charge in [-0.05, 0) is 32.1 Å². The number of H-pyrrole nitrogens is 1. The number of amides is 1. The van der Waals surface area contributed by atoms with Crippen LogP contribution < -0.4 is 10.6 Å². The summed E-state index contributed by atoms with van der Waals surface area (Å²) in [4.78, 5) is 17.5. The molecule has 2 aromatic rings. The van der Waals surface area contributed by atoms with E-state index in [1.54, 1.807) is 6.20 Å². The van der Waals surface area contributed by atoms with Gasteiger partial charge in [0.2, 0.25) is 0 Å². The van der Waals surface area contributed by atoms with E-state index < -0.39 is 0 Å². The molecule has 0 aliphatic rings. The Kier molecular flexibility index (Phi) is 6.22. The molecule has 28 heavy (non-hydrogen) atoms. The zero-order chi connectivity index (χ0) is 21.3. The molecule has 6 nitrogen and oxygen atoms in total. The Hall–Kier alpha value is -1.98. The Morgan fingerprint density at radius 1 is 1.14 bits per heavy atom. The summed E-state index contributed by atoms with van der Waals surface area (Å²) >= 11 is 0. The summed E-state index contributed by atoms with van der Waals surface area (Å²) in [6, 6.07) is 0. The van der Waals surface area contributed by atoms with E-state index in [4.69, 9.17) is 4.98 Å². The Labute approximate surface area is 169 Å². The zero-order valence-corrected chi connectivity index (χ0v) is 19.2. The minimum absolute atomic E-state index is 0.0781. The third-order valence-corrected chi connectivity index (χ3v) is 4.66. The highest BCUT2D eigenvalue weighted by Gasteiger charge is 2.32. The first-order valence-electron chi connectivity index (χ1n) is 10.4. The van der Waals surface area contributed by atoms with Gasteiger partial charge in [-0.3, -0.25) is 9.89 Å². The average Bonchev–Trinajstić information content (AvgIpc) is 3.04. The van der Waals surface area contributed by atoms with Crippen LogP contribution in [0, 0.1) is 5.41 Å². The van der Waals surface area contributed by atoms with Crippen molar-refractivity contribution < 1.29 is 4.79 Å². The molecule has 2 aromatic heterocycles. The average molecular weight is 390 g/mol. The van der Waals surface area contributed by atoms with Crippen molar-refractivity contribution >= 4 is 17.4 Å². The normalized spacial score (nSPS) is 13.2. The highest BCUT2D eigenvalue weighted by atomic mass is 16.1. The molecule has 0 atom stereocenters. The van der Waals surface area contributed by atoms with Gasteiger partial charge >= 0.3 is 0 Å². The Morgan fingerprint density at radius 2 is 1.79 bits per heavy atom. The minimum Gasteiger partial charge on any atom is -0.364 e. The summed E-state index contributed by atoms with van der Waals surface area (Å²) in [6.45, 7) is 20.4. The van der Waals surface area contributed by atoms with Crippen LogP contribution in [0.3, 0.4) is 0 Å². The van der Waals surface area contributed by atoms with Gasteiger partial charge in [-0.15, -0.1) is 0 Å². The number of unbranched alkanes of at least 4 members (excludes halogenated alkanes) is 1. The Morgan fingerprint density at radius 3 is 2.32 bits per heavy atom. The Balaban J connectivity index is 2.45. The fourth-order valence-electron chi connectivity index (χ4n) is 3.89. The molecule has 0 radical (unpaired) electrons. The van der Waals surface area contributed by atoms with Gasteiger partial charge in [0.25, 0.3) is 5.91 Å². The van der Waals surface area contributed by atoms with E-state index in [2.05, 4.69) is 78.0 Å². The molecule has 0 fully saturated rings. The van der Waals surface area contributed by atoms with E-state index >= 15 is 0 Å². The molecule has 0 saturated heterocycles. The molecule has 0 spiro atoms. The van der Waals surface area contributed by atoms with E-state index in [0.717, 1.165) is 30.8 Å². The van der Waals surface area contributed by atoms with Gasteiger partial charge in [0.05, 0.1) is 5.69 Å². The van der Waals surface area contributed by atoms with Crippen LogP contribution in [0.15, 0.2) is 6.20 Å². The maximum Gasteiger partial charge on any atom is 0.256 e. The van der Waals surface area contributed by atoms with Crippen molar-refractivity contribution in [1.82, 2.24) is 19.9 Å². The van der Waals surface area contributed by atoms with Crippen molar-refractivity contribution in [2.75, 3.05) is 11.9 Å². The predicted octanol–water partition coefficient (Wildman–Crippen LogP) is 5.12. The summed E-state index contributed by atoms with van der Waals surface area (Å²) < 4.78 is 1.92. The number of aromatic nitrogens is 3. The molecule has 0 aromatic carbocycles. The molecule has 1 amide bonds. The molecule has 0 aliphatic heterocycles. The van der Waals surface area contributed by atoms with Crippen LogP contribution in [-0.4, -0.2) is 32.6 Å². The SMILES string of the molecule is CCCCNC(=O)c1c[nH]n2c(NC(C)(C)CC(C)(C)C)c(C(C)(C)C)nc12. The number of carbonyl (C=O) groups excluding carboxylic acids is 1. The molecule has 2 rings (SSSR count). The van der Waals surface area contributed by atoms with Crippen LogP contribution in [0.2, 0.25) is 0 Å². The van der Waals surface area contributed by atoms with Crippen LogP contribution in [0.4, 0.5) is 5.82 Å². The number of rotatable bonds is 7. The lowest BCUT2D eigenvalue weighted by molar-refractivity contribution is 0.0954. The van der Waals surface area contributed by atoms with Gasteiger partial charge in [-0.1, -0.05) is 54.9 Å². The summed E-state index contributed by atoms with van der Waals surface area (Å²) in [5.74, 6) is 0.856. The lowest BCUT2D eigenvalue weighted by atomic mass is 9.81. The van der Waals surface area contributed by atoms with E-state index in [1.165, 1.54) is 0 Å². The molecule has 3 N–H and O–H groups in total. The van der Waals surface area contributed by atoms with Gasteiger partial charge in [0.15, 0.2) is 11.5 Å². The summed E-state index contributed by atoms with van der Waals surface area (Å²) in [5.41, 5.74) is 2.15. The van der Waals surface area contributed by atoms with E-state index in [0.29, 0.717) is 17.8 Å². The van der Waals surface area contributed by atoms with Gasteiger partial charge < -0.3 is 10.6 Å². The zero-order valence-electron chi connectivity index (χ0n) is 19.2. The van der Waals surface area contributed by atoms with E-state index in [9.17, 15) is 4.79 Å². The number of hydrogen-bond donors (Lipinski definition) is 3. The van der Waals surface area contributed by atoms with Crippen molar-refractivity contribution in [3.63, 3.8) is 0 Å². The molecule has 0 aliphatic carbocycles. The van der Waals surface area contributed by atoms with Crippen LogP contribution in [0.5, 0.6) is 0 Å². The molecular weight excluding hydrogens is 350 g/mol. The molecule has 0 unspecified atom stereocenters. The summed E-state index contributed by atoms with van der Waals surface area (Å²) in [5, 5.41) is 9.94. The molecule has 2 heterocycles. The molecule has 158 valence electrons. The molecule has 0 saturated carbocycles. The topological polar surface area (TPSA) is 74.2 Å². The molecule has 6 heteroatoms. The summed E-state index contributed by atoms with van der Waals surface area (Å²) in [6.07, 6.45) is 4.78. The predicted molar refractivity (Wildman–Crippen MR) is 117 cm³/mol. The first-order chi connectivity index (χ1) is 12.7. The number of anilines is 1. The number of imidazole rings is 1. The smallest absolute Gasteiger partial charge is 0.256 e. The fraction of sp³-hybridized carbons (Fsp3) is 0.727. The van der Waals surface area contributed by atoms with Crippen LogP contribution in [-0.2, 0) is 5.41 Å². The highest BCUT2D eigenvalue weighted by Crippen LogP contribution is 2.35. The largest absolute Gasteiger partial charge is 0.364 e. The van der Waals surface area contributed by atoms with Crippen molar-refractivity contribution in [3.05, 3.63) is 17.5 Å². The first kappa shape index (κ1) is 22.3. The second-order valence-electron chi connectivity index (χ2n) is 10.8. The number of nitrogens with zero attached hydrogens (tertiary/aromatic N) is 2. The fourth-order valence-corrected chi connectivity index (χ4v) is 3.89. The number of fused-ring (bicyclic) bond motifs is 1. The van der Waals surface area contributed by atoms with Crippen LogP contribution >= 0.6 is 0 Å². The second kappa shape index (κ2) is 7.80. The molecule has 0 bridgehead atoms. The van der Waals surface area contributed by atoms with Crippen molar-refractivity contribution in [2.45, 2.75) is 92.5 Å². The lowest BCUT2D eigenvalue weighted by Crippen LogP contribution is -2.36. The van der Waals surface area contributed by atoms with Gasteiger partial charge in [-0.2, -0.15) is 0 Å². The highest BCUT2D eigenvalue weighted by molar-refractivity contribution is 6.00. The van der Waals surface area contributed by atoms with Crippen molar-refractivity contribution in [1.29, 1.82) is 0 Å². The number of hydrogen-bond acceptors (Lipinski definition) is 3. The second-order valence-corrected chi connectivity index (χ2v) is 10.8. The van der Waals surface area contributed by atoms with Crippen molar-refractivity contribution in [2.24, 2.45) is 5.41 Å². The maximum atomic E-state index is 12.6. The van der Waals surface area contributed by atoms with Crippen LogP contribution in [0.1, 0.15) is 97.6 Å². The number of nitrogens with one attached hydrogen (secondary N) is 3. The molecular formula is C22H39N5O. The quantitative estimate of drug-likeness (QED) is 0.576. The van der Waals surface area contributed by atoms with Gasteiger partial charge in [-0.25, -0.2) is 9.50 Å². The number of carbonyl (C=O) groups is 1. The van der Waals surface area contributed by atoms with E-state index in [1.807, 2.05) is 4.52 Å². The number of aromatic amines is 1. The third-order valence-electron chi connectivity index (χ3n) is 4.66. The van der Waals surface area contributed by atoms with Gasteiger partial charge in [0, 0.05) is 23.7 Å². The van der Waals surface area contributed by atoms with Crippen molar-refractivity contribution in [3.8, 4) is 0 Å². The third kappa shape index (κ3) is 5.30. The maximum absolute atomic E-state index is 12.6.